The fourth-order valence-corrected chi connectivity index (χ4v) is 4.84. The summed E-state index contributed by atoms with van der Waals surface area (Å²) in [6.07, 6.45) is 0. The second-order valence-corrected chi connectivity index (χ2v) is 8.35. The standard InChI is InChI=1S/C21H14ClNO3S/c22-15-11-12-17-18(13-15)23-19(20(24)14-7-3-1-4-8-14)21(17)27(25,26)16-9-5-2-6-10-16/h1-13,23H. The van der Waals surface area contributed by atoms with E-state index in [0.717, 1.165) is 0 Å². The number of aromatic nitrogens is 1. The number of H-pyrrole nitrogens is 1. The number of aromatic amines is 1. The highest BCUT2D eigenvalue weighted by Crippen LogP contribution is 2.34. The maximum absolute atomic E-state index is 13.3. The van der Waals surface area contributed by atoms with Gasteiger partial charge in [0.1, 0.15) is 10.6 Å². The van der Waals surface area contributed by atoms with Gasteiger partial charge in [0.2, 0.25) is 15.6 Å². The number of hydrogen-bond donors (Lipinski definition) is 1. The van der Waals surface area contributed by atoms with Crippen LogP contribution in [0.25, 0.3) is 10.9 Å². The third-order valence-corrected chi connectivity index (χ3v) is 6.39. The number of rotatable bonds is 4. The third-order valence-electron chi connectivity index (χ3n) is 4.30. The Balaban J connectivity index is 2.03. The smallest absolute Gasteiger partial charge is 0.210 e. The number of carbonyl (C=O) groups is 1. The first-order chi connectivity index (χ1) is 13.0. The van der Waals surface area contributed by atoms with Gasteiger partial charge in [0.05, 0.1) is 4.90 Å². The van der Waals surface area contributed by atoms with E-state index in [2.05, 4.69) is 4.98 Å². The molecule has 0 fully saturated rings. The van der Waals surface area contributed by atoms with Crippen LogP contribution in [0.2, 0.25) is 5.02 Å². The van der Waals surface area contributed by atoms with Crippen LogP contribution < -0.4 is 0 Å². The lowest BCUT2D eigenvalue weighted by molar-refractivity contribution is 0.103. The molecule has 4 nitrogen and oxygen atoms in total. The monoisotopic (exact) mass is 395 g/mol. The van der Waals surface area contributed by atoms with Gasteiger partial charge in [-0.25, -0.2) is 8.42 Å². The zero-order chi connectivity index (χ0) is 19.0. The van der Waals surface area contributed by atoms with Gasteiger partial charge in [-0.1, -0.05) is 66.2 Å². The van der Waals surface area contributed by atoms with Crippen molar-refractivity contribution in [1.29, 1.82) is 0 Å². The fourth-order valence-electron chi connectivity index (χ4n) is 3.03. The summed E-state index contributed by atoms with van der Waals surface area (Å²) in [6, 6.07) is 21.5. The Morgan fingerprint density at radius 3 is 2.15 bits per heavy atom. The first-order valence-electron chi connectivity index (χ1n) is 8.19. The van der Waals surface area contributed by atoms with E-state index < -0.39 is 15.6 Å². The maximum Gasteiger partial charge on any atom is 0.210 e. The average Bonchev–Trinajstić information content (AvgIpc) is 3.08. The number of ketones is 1. The summed E-state index contributed by atoms with van der Waals surface area (Å²) >= 11 is 6.05. The maximum atomic E-state index is 13.3. The van der Waals surface area contributed by atoms with Crippen LogP contribution in [0.5, 0.6) is 0 Å². The van der Waals surface area contributed by atoms with Gasteiger partial charge < -0.3 is 4.98 Å². The van der Waals surface area contributed by atoms with E-state index in [9.17, 15) is 13.2 Å². The number of hydrogen-bond acceptors (Lipinski definition) is 3. The summed E-state index contributed by atoms with van der Waals surface area (Å²) in [5.41, 5.74) is 0.929. The Kier molecular flexibility index (Phi) is 4.34. The van der Waals surface area contributed by atoms with Crippen molar-refractivity contribution in [2.24, 2.45) is 0 Å². The normalized spacial score (nSPS) is 11.6. The summed E-state index contributed by atoms with van der Waals surface area (Å²) in [7, 11) is -3.91. The highest BCUT2D eigenvalue weighted by atomic mass is 35.5. The zero-order valence-corrected chi connectivity index (χ0v) is 15.6. The lowest BCUT2D eigenvalue weighted by Gasteiger charge is -2.07. The van der Waals surface area contributed by atoms with E-state index in [1.165, 1.54) is 12.1 Å². The molecule has 4 rings (SSSR count). The molecule has 0 radical (unpaired) electrons. The van der Waals surface area contributed by atoms with E-state index in [1.807, 2.05) is 0 Å². The highest BCUT2D eigenvalue weighted by Gasteiger charge is 2.29. The van der Waals surface area contributed by atoms with Crippen molar-refractivity contribution in [3.05, 3.63) is 95.1 Å². The molecule has 0 amide bonds. The molecule has 3 aromatic carbocycles. The minimum Gasteiger partial charge on any atom is -0.351 e. The van der Waals surface area contributed by atoms with Crippen LogP contribution in [0, 0.1) is 0 Å². The minimum absolute atomic E-state index is 0.0299. The van der Waals surface area contributed by atoms with Gasteiger partial charge >= 0.3 is 0 Å². The van der Waals surface area contributed by atoms with Gasteiger partial charge in [0.25, 0.3) is 0 Å². The molecule has 0 aliphatic rings. The van der Waals surface area contributed by atoms with Gasteiger partial charge in [-0.3, -0.25) is 4.79 Å². The van der Waals surface area contributed by atoms with Crippen molar-refractivity contribution < 1.29 is 13.2 Å². The lowest BCUT2D eigenvalue weighted by atomic mass is 10.1. The molecule has 0 atom stereocenters. The SMILES string of the molecule is O=C(c1ccccc1)c1[nH]c2cc(Cl)ccc2c1S(=O)(=O)c1ccccc1. The van der Waals surface area contributed by atoms with Crippen LogP contribution in [0.1, 0.15) is 16.1 Å². The third kappa shape index (κ3) is 3.05. The number of carbonyl (C=O) groups excluding carboxylic acids is 1. The fraction of sp³-hybridized carbons (Fsp3) is 0. The minimum atomic E-state index is -3.91. The summed E-state index contributed by atoms with van der Waals surface area (Å²) < 4.78 is 26.7. The highest BCUT2D eigenvalue weighted by molar-refractivity contribution is 7.91. The van der Waals surface area contributed by atoms with Crippen LogP contribution >= 0.6 is 11.6 Å². The number of benzene rings is 3. The van der Waals surface area contributed by atoms with Crippen molar-refractivity contribution in [1.82, 2.24) is 4.98 Å². The van der Waals surface area contributed by atoms with Crippen LogP contribution in [0.4, 0.5) is 0 Å². The van der Waals surface area contributed by atoms with Crippen LogP contribution in [-0.4, -0.2) is 19.2 Å². The Morgan fingerprint density at radius 1 is 0.852 bits per heavy atom. The Bertz CT molecular complexity index is 1250. The van der Waals surface area contributed by atoms with Gasteiger partial charge in [0.15, 0.2) is 0 Å². The molecule has 27 heavy (non-hydrogen) atoms. The number of sulfone groups is 1. The Morgan fingerprint density at radius 2 is 1.48 bits per heavy atom. The van der Waals surface area contributed by atoms with E-state index >= 15 is 0 Å². The molecule has 4 aromatic rings. The molecule has 6 heteroatoms. The molecule has 0 bridgehead atoms. The molecule has 0 saturated carbocycles. The molecule has 1 aromatic heterocycles. The van der Waals surface area contributed by atoms with Crippen molar-refractivity contribution in [2.45, 2.75) is 9.79 Å². The molecule has 134 valence electrons. The summed E-state index contributed by atoms with van der Waals surface area (Å²) in [5.74, 6) is -0.391. The quantitative estimate of drug-likeness (QED) is 0.500. The molecule has 0 saturated heterocycles. The zero-order valence-electron chi connectivity index (χ0n) is 14.0. The molecule has 0 aliphatic carbocycles. The first kappa shape index (κ1) is 17.5. The number of fused-ring (bicyclic) bond motifs is 1. The van der Waals surface area contributed by atoms with Crippen LogP contribution in [-0.2, 0) is 9.84 Å². The van der Waals surface area contributed by atoms with Crippen LogP contribution in [0.3, 0.4) is 0 Å². The molecular weight excluding hydrogens is 382 g/mol. The second kappa shape index (κ2) is 6.68. The van der Waals surface area contributed by atoms with Crippen molar-refractivity contribution in [3.63, 3.8) is 0 Å². The average molecular weight is 396 g/mol. The molecule has 0 unspecified atom stereocenters. The van der Waals surface area contributed by atoms with E-state index in [-0.39, 0.29) is 15.5 Å². The molecule has 0 spiro atoms. The lowest BCUT2D eigenvalue weighted by Crippen LogP contribution is -2.10. The van der Waals surface area contributed by atoms with Gasteiger partial charge in [0, 0.05) is 21.5 Å². The summed E-state index contributed by atoms with van der Waals surface area (Å²) in [4.78, 5) is 16.1. The van der Waals surface area contributed by atoms with Gasteiger partial charge in [-0.15, -0.1) is 0 Å². The van der Waals surface area contributed by atoms with Gasteiger partial charge in [-0.05, 0) is 24.3 Å². The van der Waals surface area contributed by atoms with Crippen molar-refractivity contribution in [2.75, 3.05) is 0 Å². The second-order valence-electron chi connectivity index (χ2n) is 6.03. The number of halogens is 1. The first-order valence-corrected chi connectivity index (χ1v) is 10.1. The van der Waals surface area contributed by atoms with E-state index in [1.54, 1.807) is 66.7 Å². The molecule has 0 aliphatic heterocycles. The van der Waals surface area contributed by atoms with E-state index in [0.29, 0.717) is 21.5 Å². The predicted molar refractivity (Wildman–Crippen MR) is 105 cm³/mol. The Labute approximate surface area is 161 Å². The number of nitrogens with one attached hydrogen (secondary N) is 1. The summed E-state index contributed by atoms with van der Waals surface area (Å²) in [5, 5.41) is 0.883. The molecular formula is C21H14ClNO3S. The van der Waals surface area contributed by atoms with E-state index in [4.69, 9.17) is 11.6 Å². The Hall–Kier alpha value is -2.89. The van der Waals surface area contributed by atoms with Crippen molar-refractivity contribution in [3.8, 4) is 0 Å². The topological polar surface area (TPSA) is 67.0 Å². The van der Waals surface area contributed by atoms with Crippen LogP contribution in [0.15, 0.2) is 88.7 Å². The largest absolute Gasteiger partial charge is 0.351 e. The van der Waals surface area contributed by atoms with Crippen molar-refractivity contribution >= 4 is 38.1 Å². The predicted octanol–water partition coefficient (Wildman–Crippen LogP) is 4.89. The summed E-state index contributed by atoms with van der Waals surface area (Å²) in [6.45, 7) is 0. The molecule has 1 N–H and O–H groups in total. The molecule has 1 heterocycles. The van der Waals surface area contributed by atoms with Gasteiger partial charge in [-0.2, -0.15) is 0 Å².